The van der Waals surface area contributed by atoms with Crippen LogP contribution in [0.5, 0.6) is 0 Å². The molecule has 0 aliphatic heterocycles. The minimum absolute atomic E-state index is 0.0881. The van der Waals surface area contributed by atoms with Crippen molar-refractivity contribution < 1.29 is 23.1 Å². The predicted molar refractivity (Wildman–Crippen MR) is 60.8 cm³/mol. The summed E-state index contributed by atoms with van der Waals surface area (Å²) in [5, 5.41) is 8.58. The Morgan fingerprint density at radius 3 is 2.35 bits per heavy atom. The molecule has 92 valence electrons. The number of carbonyl (C=O) groups is 1. The SMILES string of the molecule is O=C(/C=C(\O)c1ccc(F)cc1)C(F)(F)CBr. The molecule has 1 aromatic rings. The van der Waals surface area contributed by atoms with E-state index in [0.29, 0.717) is 6.08 Å². The standard InChI is InChI=1S/C11H8BrF3O2/c12-6-11(14,15)10(17)5-9(16)7-1-3-8(13)4-2-7/h1-5,16H,6H2/b9-5-. The number of hydrogen-bond acceptors (Lipinski definition) is 2. The van der Waals surface area contributed by atoms with Crippen LogP contribution in [0.1, 0.15) is 5.56 Å². The van der Waals surface area contributed by atoms with Gasteiger partial charge in [-0.15, -0.1) is 0 Å². The van der Waals surface area contributed by atoms with Gasteiger partial charge in [0.05, 0.1) is 5.33 Å². The number of aliphatic hydroxyl groups is 1. The molecule has 0 unspecified atom stereocenters. The summed E-state index contributed by atoms with van der Waals surface area (Å²) in [5.74, 6) is -6.25. The van der Waals surface area contributed by atoms with Gasteiger partial charge >= 0.3 is 5.92 Å². The molecular weight excluding hydrogens is 301 g/mol. The lowest BCUT2D eigenvalue weighted by Crippen LogP contribution is -2.28. The van der Waals surface area contributed by atoms with Crippen LogP contribution in [0.15, 0.2) is 30.3 Å². The highest BCUT2D eigenvalue weighted by molar-refractivity contribution is 9.09. The minimum Gasteiger partial charge on any atom is -0.507 e. The van der Waals surface area contributed by atoms with Crippen molar-refractivity contribution >= 4 is 27.5 Å². The fourth-order valence-corrected chi connectivity index (χ4v) is 1.28. The third-order valence-corrected chi connectivity index (χ3v) is 2.64. The number of halogens is 4. The molecule has 0 saturated carbocycles. The first kappa shape index (κ1) is 13.8. The molecular formula is C11H8BrF3O2. The first-order chi connectivity index (χ1) is 7.86. The zero-order chi connectivity index (χ0) is 13.1. The van der Waals surface area contributed by atoms with E-state index in [1.165, 1.54) is 12.1 Å². The fourth-order valence-electron chi connectivity index (χ4n) is 1.000. The third kappa shape index (κ3) is 3.59. The quantitative estimate of drug-likeness (QED) is 0.526. The Bertz CT molecular complexity index is 441. The van der Waals surface area contributed by atoms with Crippen molar-refractivity contribution in [2.75, 3.05) is 5.33 Å². The van der Waals surface area contributed by atoms with Crippen LogP contribution < -0.4 is 0 Å². The number of benzene rings is 1. The molecule has 0 aliphatic rings. The van der Waals surface area contributed by atoms with Gasteiger partial charge in [0, 0.05) is 11.6 Å². The molecule has 0 aromatic heterocycles. The van der Waals surface area contributed by atoms with Crippen LogP contribution >= 0.6 is 15.9 Å². The van der Waals surface area contributed by atoms with E-state index in [1.54, 1.807) is 0 Å². The topological polar surface area (TPSA) is 37.3 Å². The Labute approximate surface area is 104 Å². The largest absolute Gasteiger partial charge is 0.507 e. The van der Waals surface area contributed by atoms with E-state index in [9.17, 15) is 23.1 Å². The molecule has 1 aromatic carbocycles. The smallest absolute Gasteiger partial charge is 0.318 e. The summed E-state index contributed by atoms with van der Waals surface area (Å²) >= 11 is 2.50. The average Bonchev–Trinajstić information content (AvgIpc) is 2.29. The summed E-state index contributed by atoms with van der Waals surface area (Å²) in [5.41, 5.74) is 0.0881. The molecule has 0 heterocycles. The lowest BCUT2D eigenvalue weighted by molar-refractivity contribution is -0.134. The van der Waals surface area contributed by atoms with Gasteiger partial charge in [0.2, 0.25) is 5.78 Å². The Hall–Kier alpha value is -1.30. The molecule has 17 heavy (non-hydrogen) atoms. The molecule has 0 atom stereocenters. The van der Waals surface area contributed by atoms with E-state index in [2.05, 4.69) is 15.9 Å². The van der Waals surface area contributed by atoms with E-state index in [4.69, 9.17) is 0 Å². The molecule has 0 radical (unpaired) electrons. The zero-order valence-corrected chi connectivity index (χ0v) is 10.0. The number of hydrogen-bond donors (Lipinski definition) is 1. The van der Waals surface area contributed by atoms with Crippen LogP contribution in [-0.2, 0) is 4.79 Å². The van der Waals surface area contributed by atoms with Crippen molar-refractivity contribution in [3.63, 3.8) is 0 Å². The highest BCUT2D eigenvalue weighted by Crippen LogP contribution is 2.21. The monoisotopic (exact) mass is 308 g/mol. The van der Waals surface area contributed by atoms with Crippen LogP contribution in [0, 0.1) is 5.82 Å². The second-order valence-electron chi connectivity index (χ2n) is 3.24. The van der Waals surface area contributed by atoms with Crippen molar-refractivity contribution in [1.82, 2.24) is 0 Å². The van der Waals surface area contributed by atoms with Gasteiger partial charge in [0.15, 0.2) is 0 Å². The van der Waals surface area contributed by atoms with Gasteiger partial charge < -0.3 is 5.11 Å². The van der Waals surface area contributed by atoms with E-state index in [-0.39, 0.29) is 5.56 Å². The molecule has 0 fully saturated rings. The van der Waals surface area contributed by atoms with Gasteiger partial charge in [-0.2, -0.15) is 8.78 Å². The maximum Gasteiger partial charge on any atom is 0.318 e. The summed E-state index contributed by atoms with van der Waals surface area (Å²) in [6, 6.07) is 4.46. The molecule has 1 N–H and O–H groups in total. The van der Waals surface area contributed by atoms with Crippen molar-refractivity contribution in [3.05, 3.63) is 41.7 Å². The molecule has 0 saturated heterocycles. The number of ketones is 1. The van der Waals surface area contributed by atoms with Gasteiger partial charge in [0.1, 0.15) is 11.6 Å². The number of aliphatic hydroxyl groups excluding tert-OH is 1. The van der Waals surface area contributed by atoms with Gasteiger partial charge in [-0.25, -0.2) is 4.39 Å². The van der Waals surface area contributed by atoms with E-state index in [1.807, 2.05) is 0 Å². The zero-order valence-electron chi connectivity index (χ0n) is 8.46. The molecule has 0 spiro atoms. The molecule has 0 amide bonds. The van der Waals surface area contributed by atoms with Gasteiger partial charge in [-0.05, 0) is 24.3 Å². The van der Waals surface area contributed by atoms with Gasteiger partial charge in [-0.1, -0.05) is 15.9 Å². The number of allylic oxidation sites excluding steroid dienone is 1. The summed E-state index contributed by atoms with van der Waals surface area (Å²) in [6.07, 6.45) is 0.425. The maximum atomic E-state index is 12.9. The van der Waals surface area contributed by atoms with Crippen molar-refractivity contribution in [3.8, 4) is 0 Å². The van der Waals surface area contributed by atoms with E-state index >= 15 is 0 Å². The van der Waals surface area contributed by atoms with Crippen LogP contribution in [-0.4, -0.2) is 22.1 Å². The van der Waals surface area contributed by atoms with Crippen molar-refractivity contribution in [1.29, 1.82) is 0 Å². The summed E-state index contributed by atoms with van der Waals surface area (Å²) in [4.78, 5) is 11.1. The second-order valence-corrected chi connectivity index (χ2v) is 3.80. The maximum absolute atomic E-state index is 12.9. The Morgan fingerprint density at radius 2 is 1.88 bits per heavy atom. The van der Waals surface area contributed by atoms with Crippen LogP contribution in [0.2, 0.25) is 0 Å². The Kier molecular flexibility index (Phi) is 4.34. The van der Waals surface area contributed by atoms with E-state index < -0.39 is 28.6 Å². The van der Waals surface area contributed by atoms with E-state index in [0.717, 1.165) is 12.1 Å². The third-order valence-electron chi connectivity index (χ3n) is 1.94. The number of carbonyl (C=O) groups excluding carboxylic acids is 1. The van der Waals surface area contributed by atoms with Crippen molar-refractivity contribution in [2.45, 2.75) is 5.92 Å². The molecule has 1 rings (SSSR count). The second kappa shape index (κ2) is 5.35. The fraction of sp³-hybridized carbons (Fsp3) is 0.182. The molecule has 6 heteroatoms. The minimum atomic E-state index is -3.58. The highest BCUT2D eigenvalue weighted by Gasteiger charge is 2.35. The lowest BCUT2D eigenvalue weighted by atomic mass is 10.1. The molecule has 2 nitrogen and oxygen atoms in total. The Morgan fingerprint density at radius 1 is 1.35 bits per heavy atom. The highest BCUT2D eigenvalue weighted by atomic mass is 79.9. The number of alkyl halides is 3. The predicted octanol–water partition coefficient (Wildman–Crippen LogP) is 3.32. The van der Waals surface area contributed by atoms with Crippen LogP contribution in [0.3, 0.4) is 0 Å². The first-order valence-corrected chi connectivity index (χ1v) is 5.64. The summed E-state index contributed by atoms with van der Waals surface area (Å²) in [7, 11) is 0. The van der Waals surface area contributed by atoms with Crippen LogP contribution in [0.4, 0.5) is 13.2 Å². The normalized spacial score (nSPS) is 12.6. The first-order valence-electron chi connectivity index (χ1n) is 4.51. The lowest BCUT2D eigenvalue weighted by Gasteiger charge is -2.08. The molecule has 0 bridgehead atoms. The average molecular weight is 309 g/mol. The van der Waals surface area contributed by atoms with Gasteiger partial charge in [-0.3, -0.25) is 4.79 Å². The summed E-state index contributed by atoms with van der Waals surface area (Å²) < 4.78 is 38.3. The van der Waals surface area contributed by atoms with Crippen LogP contribution in [0.25, 0.3) is 5.76 Å². The van der Waals surface area contributed by atoms with Crippen molar-refractivity contribution in [2.24, 2.45) is 0 Å². The number of rotatable bonds is 4. The molecule has 0 aliphatic carbocycles. The Balaban J connectivity index is 2.93. The summed E-state index contributed by atoms with van der Waals surface area (Å²) in [6.45, 7) is 0. The van der Waals surface area contributed by atoms with Gasteiger partial charge in [0.25, 0.3) is 0 Å².